The van der Waals surface area contributed by atoms with E-state index in [0.29, 0.717) is 5.16 Å². The molecule has 6 nitrogen and oxygen atoms in total. The van der Waals surface area contributed by atoms with Gasteiger partial charge in [-0.25, -0.2) is 0 Å². The van der Waals surface area contributed by atoms with Gasteiger partial charge in [0.25, 0.3) is 0 Å². The zero-order valence-corrected chi connectivity index (χ0v) is 16.0. The molecule has 0 saturated carbocycles. The fraction of sp³-hybridized carbons (Fsp3) is 0.263. The predicted octanol–water partition coefficient (Wildman–Crippen LogP) is 3.71. The number of nitrogens with one attached hydrogen (secondary N) is 1. The second kappa shape index (κ2) is 7.70. The third-order valence-corrected chi connectivity index (χ3v) is 5.06. The smallest absolute Gasteiger partial charge is 0.237 e. The van der Waals surface area contributed by atoms with Gasteiger partial charge in [-0.2, -0.15) is 4.68 Å². The molecule has 1 amide bonds. The third kappa shape index (κ3) is 3.94. The molecular weight excluding hydrogens is 346 g/mol. The maximum Gasteiger partial charge on any atom is 0.237 e. The number of tetrazole rings is 1. The summed E-state index contributed by atoms with van der Waals surface area (Å²) in [7, 11) is 0. The Bertz CT molecular complexity index is 917. The zero-order valence-electron chi connectivity index (χ0n) is 15.2. The number of amides is 1. The highest BCUT2D eigenvalue weighted by Crippen LogP contribution is 2.26. The Morgan fingerprint density at radius 1 is 1.12 bits per heavy atom. The number of aryl methyl sites for hydroxylation is 3. The van der Waals surface area contributed by atoms with Gasteiger partial charge in [0, 0.05) is 5.69 Å². The van der Waals surface area contributed by atoms with Crippen molar-refractivity contribution in [2.45, 2.75) is 38.1 Å². The highest BCUT2D eigenvalue weighted by molar-refractivity contribution is 8.00. The van der Waals surface area contributed by atoms with Crippen LogP contribution in [0.4, 0.5) is 5.69 Å². The highest BCUT2D eigenvalue weighted by atomic mass is 32.2. The first kappa shape index (κ1) is 18.1. The predicted molar refractivity (Wildman–Crippen MR) is 104 cm³/mol. The topological polar surface area (TPSA) is 72.7 Å². The summed E-state index contributed by atoms with van der Waals surface area (Å²) >= 11 is 1.34. The van der Waals surface area contributed by atoms with Gasteiger partial charge < -0.3 is 5.32 Å². The molecule has 0 aliphatic rings. The molecule has 0 aliphatic heterocycles. The van der Waals surface area contributed by atoms with Crippen molar-refractivity contribution in [1.82, 2.24) is 20.2 Å². The molecule has 1 aromatic heterocycles. The van der Waals surface area contributed by atoms with Crippen LogP contribution in [0.15, 0.2) is 47.6 Å². The Hall–Kier alpha value is -2.67. The van der Waals surface area contributed by atoms with Crippen LogP contribution < -0.4 is 5.32 Å². The van der Waals surface area contributed by atoms with Crippen molar-refractivity contribution in [3.63, 3.8) is 0 Å². The molecule has 134 valence electrons. The Labute approximate surface area is 157 Å². The lowest BCUT2D eigenvalue weighted by molar-refractivity contribution is -0.115. The van der Waals surface area contributed by atoms with Crippen LogP contribution in [0.25, 0.3) is 5.69 Å². The lowest BCUT2D eigenvalue weighted by Crippen LogP contribution is -2.23. The van der Waals surface area contributed by atoms with Crippen LogP contribution in [0.1, 0.15) is 23.6 Å². The van der Waals surface area contributed by atoms with Crippen molar-refractivity contribution in [3.05, 3.63) is 59.2 Å². The molecule has 3 rings (SSSR count). The average molecular weight is 367 g/mol. The number of hydrogen-bond donors (Lipinski definition) is 1. The second-order valence-corrected chi connectivity index (χ2v) is 7.54. The Morgan fingerprint density at radius 2 is 1.81 bits per heavy atom. The molecular formula is C19H21N5OS. The highest BCUT2D eigenvalue weighted by Gasteiger charge is 2.20. The van der Waals surface area contributed by atoms with Gasteiger partial charge in [-0.05, 0) is 66.9 Å². The van der Waals surface area contributed by atoms with Gasteiger partial charge in [0.05, 0.1) is 10.9 Å². The quantitative estimate of drug-likeness (QED) is 0.696. The fourth-order valence-corrected chi connectivity index (χ4v) is 3.50. The number of thioether (sulfide) groups is 1. The molecule has 0 radical (unpaired) electrons. The van der Waals surface area contributed by atoms with Gasteiger partial charge in [0.1, 0.15) is 0 Å². The molecule has 1 N–H and O–H groups in total. The maximum atomic E-state index is 12.5. The summed E-state index contributed by atoms with van der Waals surface area (Å²) in [5, 5.41) is 15.2. The molecule has 1 atom stereocenters. The number of carbonyl (C=O) groups is 1. The Morgan fingerprint density at radius 3 is 2.50 bits per heavy atom. The summed E-state index contributed by atoms with van der Waals surface area (Å²) in [6.45, 7) is 7.88. The standard InChI is InChI=1S/C19H21N5OS/c1-12-7-5-10-16(11-12)20-18(25)15(4)26-19-21-22-23-24(19)17-13(2)8-6-9-14(17)3/h5-11,15H,1-4H3,(H,20,25)/t15-/m0/s1. The molecule has 0 bridgehead atoms. The summed E-state index contributed by atoms with van der Waals surface area (Å²) in [6.07, 6.45) is 0. The van der Waals surface area contributed by atoms with Crippen molar-refractivity contribution in [2.24, 2.45) is 0 Å². The van der Waals surface area contributed by atoms with E-state index < -0.39 is 0 Å². The summed E-state index contributed by atoms with van der Waals surface area (Å²) in [6, 6.07) is 13.8. The number of nitrogens with zero attached hydrogens (tertiary/aromatic N) is 4. The molecule has 26 heavy (non-hydrogen) atoms. The lowest BCUT2D eigenvalue weighted by atomic mass is 10.1. The number of rotatable bonds is 5. The van der Waals surface area contributed by atoms with Crippen LogP contribution in [-0.2, 0) is 4.79 Å². The van der Waals surface area contributed by atoms with E-state index in [9.17, 15) is 4.79 Å². The number of para-hydroxylation sites is 1. The molecule has 0 fully saturated rings. The summed E-state index contributed by atoms with van der Waals surface area (Å²) in [5.41, 5.74) is 5.00. The maximum absolute atomic E-state index is 12.5. The molecule has 2 aromatic carbocycles. The van der Waals surface area contributed by atoms with Gasteiger partial charge in [-0.3, -0.25) is 4.79 Å². The van der Waals surface area contributed by atoms with E-state index in [1.807, 2.05) is 70.2 Å². The number of anilines is 1. The van der Waals surface area contributed by atoms with Gasteiger partial charge in [-0.15, -0.1) is 5.10 Å². The molecule has 7 heteroatoms. The minimum Gasteiger partial charge on any atom is -0.325 e. The van der Waals surface area contributed by atoms with E-state index in [-0.39, 0.29) is 11.2 Å². The minimum absolute atomic E-state index is 0.0864. The minimum atomic E-state index is -0.343. The summed E-state index contributed by atoms with van der Waals surface area (Å²) < 4.78 is 1.70. The first-order valence-corrected chi connectivity index (χ1v) is 9.23. The molecule has 3 aromatic rings. The number of hydrogen-bond acceptors (Lipinski definition) is 5. The molecule has 0 saturated heterocycles. The molecule has 0 unspecified atom stereocenters. The van der Waals surface area contributed by atoms with Crippen LogP contribution in [0.2, 0.25) is 0 Å². The number of benzene rings is 2. The molecule has 1 heterocycles. The van der Waals surface area contributed by atoms with E-state index in [4.69, 9.17) is 0 Å². The van der Waals surface area contributed by atoms with Crippen LogP contribution >= 0.6 is 11.8 Å². The summed E-state index contributed by atoms with van der Waals surface area (Å²) in [5.74, 6) is -0.0864. The third-order valence-electron chi connectivity index (χ3n) is 4.03. The van der Waals surface area contributed by atoms with Gasteiger partial charge in [0.15, 0.2) is 0 Å². The zero-order chi connectivity index (χ0) is 18.7. The Balaban J connectivity index is 1.77. The van der Waals surface area contributed by atoms with Gasteiger partial charge in [0.2, 0.25) is 11.1 Å². The summed E-state index contributed by atoms with van der Waals surface area (Å²) in [4.78, 5) is 12.5. The number of carbonyl (C=O) groups excluding carboxylic acids is 1. The first-order chi connectivity index (χ1) is 12.5. The normalized spacial score (nSPS) is 12.0. The van der Waals surface area contributed by atoms with Crippen LogP contribution in [0, 0.1) is 20.8 Å². The van der Waals surface area contributed by atoms with E-state index in [0.717, 1.165) is 28.1 Å². The van der Waals surface area contributed by atoms with Crippen molar-refractivity contribution in [1.29, 1.82) is 0 Å². The fourth-order valence-electron chi connectivity index (χ4n) is 2.71. The SMILES string of the molecule is Cc1cccc(NC(=O)[C@H](C)Sc2nnnn2-c2c(C)cccc2C)c1. The van der Waals surface area contributed by atoms with Crippen LogP contribution in [0.5, 0.6) is 0 Å². The van der Waals surface area contributed by atoms with Crippen molar-refractivity contribution in [3.8, 4) is 5.69 Å². The molecule has 0 spiro atoms. The Kier molecular flexibility index (Phi) is 5.37. The largest absolute Gasteiger partial charge is 0.325 e. The molecule has 0 aliphatic carbocycles. The van der Waals surface area contributed by atoms with E-state index in [2.05, 4.69) is 20.8 Å². The van der Waals surface area contributed by atoms with Gasteiger partial charge in [-0.1, -0.05) is 42.1 Å². The van der Waals surface area contributed by atoms with Crippen LogP contribution in [0.3, 0.4) is 0 Å². The number of aromatic nitrogens is 4. The van der Waals surface area contributed by atoms with Crippen molar-refractivity contribution >= 4 is 23.4 Å². The van der Waals surface area contributed by atoms with E-state index in [1.54, 1.807) is 4.68 Å². The second-order valence-electron chi connectivity index (χ2n) is 6.23. The first-order valence-electron chi connectivity index (χ1n) is 8.35. The average Bonchev–Trinajstić information content (AvgIpc) is 3.02. The van der Waals surface area contributed by atoms with Crippen molar-refractivity contribution in [2.75, 3.05) is 5.32 Å². The van der Waals surface area contributed by atoms with Crippen molar-refractivity contribution < 1.29 is 4.79 Å². The van der Waals surface area contributed by atoms with E-state index >= 15 is 0 Å². The lowest BCUT2D eigenvalue weighted by Gasteiger charge is -2.14. The van der Waals surface area contributed by atoms with E-state index in [1.165, 1.54) is 11.8 Å². The van der Waals surface area contributed by atoms with Crippen LogP contribution in [-0.4, -0.2) is 31.4 Å². The monoisotopic (exact) mass is 367 g/mol. The van der Waals surface area contributed by atoms with Gasteiger partial charge >= 0.3 is 0 Å².